The van der Waals surface area contributed by atoms with Crippen molar-refractivity contribution in [2.45, 2.75) is 31.3 Å². The van der Waals surface area contributed by atoms with Gasteiger partial charge in [-0.05, 0) is 42.8 Å². The van der Waals surface area contributed by atoms with Crippen LogP contribution >= 0.6 is 11.8 Å². The van der Waals surface area contributed by atoms with Gasteiger partial charge in [-0.2, -0.15) is 0 Å². The lowest BCUT2D eigenvalue weighted by Crippen LogP contribution is -2.21. The van der Waals surface area contributed by atoms with E-state index in [-0.39, 0.29) is 5.56 Å². The third-order valence-corrected chi connectivity index (χ3v) is 5.08. The highest BCUT2D eigenvalue weighted by Gasteiger charge is 2.13. The van der Waals surface area contributed by atoms with Gasteiger partial charge in [-0.3, -0.25) is 9.36 Å². The van der Waals surface area contributed by atoms with Gasteiger partial charge in [-0.1, -0.05) is 43.7 Å². The summed E-state index contributed by atoms with van der Waals surface area (Å²) in [5.74, 6) is 1.72. The Morgan fingerprint density at radius 2 is 1.84 bits per heavy atom. The fourth-order valence-corrected chi connectivity index (χ4v) is 3.70. The van der Waals surface area contributed by atoms with Gasteiger partial charge in [0, 0.05) is 5.75 Å². The first-order chi connectivity index (χ1) is 12.2. The lowest BCUT2D eigenvalue weighted by Gasteiger charge is -2.13. The second-order valence-corrected chi connectivity index (χ2v) is 6.87. The van der Waals surface area contributed by atoms with E-state index in [1.165, 1.54) is 12.8 Å². The van der Waals surface area contributed by atoms with Gasteiger partial charge >= 0.3 is 0 Å². The van der Waals surface area contributed by atoms with E-state index in [0.717, 1.165) is 34.3 Å². The third kappa shape index (κ3) is 3.87. The molecule has 0 aliphatic carbocycles. The molecule has 3 rings (SSSR count). The van der Waals surface area contributed by atoms with Crippen LogP contribution in [0.1, 0.15) is 26.2 Å². The van der Waals surface area contributed by atoms with Crippen LogP contribution < -0.4 is 10.3 Å². The van der Waals surface area contributed by atoms with Gasteiger partial charge < -0.3 is 4.74 Å². The summed E-state index contributed by atoms with van der Waals surface area (Å²) in [6.45, 7) is 2.19. The van der Waals surface area contributed by atoms with Crippen molar-refractivity contribution < 1.29 is 4.74 Å². The van der Waals surface area contributed by atoms with E-state index in [2.05, 4.69) is 6.92 Å². The van der Waals surface area contributed by atoms with Crippen LogP contribution in [-0.2, 0) is 0 Å². The maximum atomic E-state index is 13.1. The molecule has 1 aromatic heterocycles. The molecule has 0 aliphatic rings. The number of fused-ring (bicyclic) bond motifs is 1. The monoisotopic (exact) mass is 354 g/mol. The number of benzene rings is 2. The van der Waals surface area contributed by atoms with E-state index in [1.54, 1.807) is 23.4 Å². The smallest absolute Gasteiger partial charge is 0.266 e. The summed E-state index contributed by atoms with van der Waals surface area (Å²) in [5, 5.41) is 1.38. The topological polar surface area (TPSA) is 44.1 Å². The minimum atomic E-state index is -0.0336. The number of aromatic nitrogens is 2. The van der Waals surface area contributed by atoms with Crippen LogP contribution in [0.4, 0.5) is 0 Å². The molecule has 0 saturated heterocycles. The fraction of sp³-hybridized carbons (Fsp3) is 0.300. The average Bonchev–Trinajstić information content (AvgIpc) is 2.66. The summed E-state index contributed by atoms with van der Waals surface area (Å²) in [6, 6.07) is 15.0. The Kier molecular flexibility index (Phi) is 5.76. The SMILES string of the molecule is CCCCCSc1nc2ccccc2c(=O)n1-c1ccc(OC)cc1. The molecule has 3 aromatic rings. The second kappa shape index (κ2) is 8.21. The number of thioether (sulfide) groups is 1. The molecule has 4 nitrogen and oxygen atoms in total. The summed E-state index contributed by atoms with van der Waals surface area (Å²) < 4.78 is 6.93. The minimum absolute atomic E-state index is 0.0336. The number of hydrogen-bond donors (Lipinski definition) is 0. The van der Waals surface area contributed by atoms with Crippen LogP contribution in [0.15, 0.2) is 58.5 Å². The van der Waals surface area contributed by atoms with Gasteiger partial charge in [0.1, 0.15) is 5.75 Å². The van der Waals surface area contributed by atoms with Crippen molar-refractivity contribution >= 4 is 22.7 Å². The Bertz CT molecular complexity index is 904. The molecule has 0 spiro atoms. The molecule has 0 aliphatic heterocycles. The molecule has 0 saturated carbocycles. The molecule has 1 heterocycles. The zero-order valence-corrected chi connectivity index (χ0v) is 15.4. The van der Waals surface area contributed by atoms with Crippen molar-refractivity contribution in [2.24, 2.45) is 0 Å². The number of hydrogen-bond acceptors (Lipinski definition) is 4. The van der Waals surface area contributed by atoms with E-state index < -0.39 is 0 Å². The van der Waals surface area contributed by atoms with Crippen LogP contribution in [0.25, 0.3) is 16.6 Å². The molecule has 25 heavy (non-hydrogen) atoms. The summed E-state index contributed by atoms with van der Waals surface area (Å²) in [7, 11) is 1.63. The number of nitrogens with zero attached hydrogens (tertiary/aromatic N) is 2. The van der Waals surface area contributed by atoms with Gasteiger partial charge in [0.05, 0.1) is 23.7 Å². The normalized spacial score (nSPS) is 11.0. The van der Waals surface area contributed by atoms with Crippen molar-refractivity contribution in [2.75, 3.05) is 12.9 Å². The lowest BCUT2D eigenvalue weighted by molar-refractivity contribution is 0.414. The van der Waals surface area contributed by atoms with E-state index in [9.17, 15) is 4.79 Å². The molecule has 0 unspecified atom stereocenters. The number of methoxy groups -OCH3 is 1. The first-order valence-corrected chi connectivity index (χ1v) is 9.52. The zero-order chi connectivity index (χ0) is 17.6. The quantitative estimate of drug-likeness (QED) is 0.351. The van der Waals surface area contributed by atoms with Crippen LogP contribution in [0.2, 0.25) is 0 Å². The Labute approximate surface area is 151 Å². The molecular formula is C20H22N2O2S. The number of rotatable bonds is 7. The summed E-state index contributed by atoms with van der Waals surface area (Å²) >= 11 is 1.64. The first-order valence-electron chi connectivity index (χ1n) is 8.53. The zero-order valence-electron chi connectivity index (χ0n) is 14.6. The van der Waals surface area contributed by atoms with Crippen molar-refractivity contribution in [3.05, 3.63) is 58.9 Å². The largest absolute Gasteiger partial charge is 0.497 e. The van der Waals surface area contributed by atoms with Gasteiger partial charge in [-0.15, -0.1) is 0 Å². The second-order valence-electron chi connectivity index (χ2n) is 5.81. The van der Waals surface area contributed by atoms with Crippen LogP contribution in [-0.4, -0.2) is 22.4 Å². The fourth-order valence-electron chi connectivity index (χ4n) is 2.68. The van der Waals surface area contributed by atoms with Gasteiger partial charge in [-0.25, -0.2) is 4.98 Å². The Balaban J connectivity index is 2.08. The first kappa shape index (κ1) is 17.5. The van der Waals surface area contributed by atoms with E-state index >= 15 is 0 Å². The molecule has 0 atom stereocenters. The van der Waals surface area contributed by atoms with Gasteiger partial charge in [0.2, 0.25) is 0 Å². The van der Waals surface area contributed by atoms with E-state index in [4.69, 9.17) is 9.72 Å². The molecule has 130 valence electrons. The van der Waals surface area contributed by atoms with Gasteiger partial charge in [0.25, 0.3) is 5.56 Å². The van der Waals surface area contributed by atoms with Crippen LogP contribution in [0.3, 0.4) is 0 Å². The number of unbranched alkanes of at least 4 members (excludes halogenated alkanes) is 2. The van der Waals surface area contributed by atoms with Gasteiger partial charge in [0.15, 0.2) is 5.16 Å². The Morgan fingerprint density at radius 1 is 1.08 bits per heavy atom. The maximum absolute atomic E-state index is 13.1. The summed E-state index contributed by atoms with van der Waals surface area (Å²) in [4.78, 5) is 17.8. The molecule has 0 radical (unpaired) electrons. The predicted octanol–water partition coefficient (Wildman–Crippen LogP) is 4.68. The van der Waals surface area contributed by atoms with E-state index in [1.807, 2.05) is 48.5 Å². The van der Waals surface area contributed by atoms with Crippen LogP contribution in [0, 0.1) is 0 Å². The Morgan fingerprint density at radius 3 is 2.56 bits per heavy atom. The highest BCUT2D eigenvalue weighted by atomic mass is 32.2. The number of para-hydroxylation sites is 1. The molecule has 0 N–H and O–H groups in total. The molecule has 0 fully saturated rings. The van der Waals surface area contributed by atoms with Crippen LogP contribution in [0.5, 0.6) is 5.75 Å². The summed E-state index contributed by atoms with van der Waals surface area (Å²) in [6.07, 6.45) is 3.48. The molecule has 0 bridgehead atoms. The predicted molar refractivity (Wildman–Crippen MR) is 104 cm³/mol. The molecular weight excluding hydrogens is 332 g/mol. The maximum Gasteiger partial charge on any atom is 0.266 e. The minimum Gasteiger partial charge on any atom is -0.497 e. The van der Waals surface area contributed by atoms with Crippen molar-refractivity contribution in [1.82, 2.24) is 9.55 Å². The highest BCUT2D eigenvalue weighted by molar-refractivity contribution is 7.99. The molecule has 0 amide bonds. The standard InChI is InChI=1S/C20H22N2O2S/c1-3-4-7-14-25-20-21-18-9-6-5-8-17(18)19(23)22(20)15-10-12-16(24-2)13-11-15/h5-6,8-13H,3-4,7,14H2,1-2H3. The lowest BCUT2D eigenvalue weighted by atomic mass is 10.2. The highest BCUT2D eigenvalue weighted by Crippen LogP contribution is 2.23. The van der Waals surface area contributed by atoms with Crippen molar-refractivity contribution in [3.8, 4) is 11.4 Å². The molecule has 2 aromatic carbocycles. The summed E-state index contributed by atoms with van der Waals surface area (Å²) in [5.41, 5.74) is 1.52. The average molecular weight is 354 g/mol. The molecule has 5 heteroatoms. The number of ether oxygens (including phenoxy) is 1. The van der Waals surface area contributed by atoms with Crippen molar-refractivity contribution in [1.29, 1.82) is 0 Å². The third-order valence-electron chi connectivity index (χ3n) is 4.05. The van der Waals surface area contributed by atoms with Crippen molar-refractivity contribution in [3.63, 3.8) is 0 Å². The van der Waals surface area contributed by atoms with E-state index in [0.29, 0.717) is 5.39 Å². The Hall–Kier alpha value is -2.27.